The van der Waals surface area contributed by atoms with Crippen LogP contribution in [0.4, 0.5) is 0 Å². The van der Waals surface area contributed by atoms with Gasteiger partial charge in [-0.25, -0.2) is 0 Å². The Morgan fingerprint density at radius 2 is 0.974 bits per heavy atom. The van der Waals surface area contributed by atoms with E-state index < -0.39 is 0 Å². The molecule has 2 nitrogen and oxygen atoms in total. The third-order valence-electron chi connectivity index (χ3n) is 8.48. The topological polar surface area (TPSA) is 26.3 Å². The van der Waals surface area contributed by atoms with Crippen LogP contribution in [0, 0.1) is 11.8 Å². The van der Waals surface area contributed by atoms with Crippen molar-refractivity contribution in [1.82, 2.24) is 0 Å². The van der Waals surface area contributed by atoms with Gasteiger partial charge in [-0.1, -0.05) is 176 Å². The van der Waals surface area contributed by atoms with E-state index in [1.807, 2.05) is 0 Å². The standard InChI is InChI=1S/C36H72O2/c1-6-9-11-12-19-23-26-30-35(32-34(8-3)29-10-7-2)38-36(37)31-27-24-21-18-16-14-13-15-17-20-22-25-28-33(4)5/h33-35H,6-32H2,1-5H3. The van der Waals surface area contributed by atoms with Crippen LogP contribution in [0.1, 0.15) is 208 Å². The second-order valence-electron chi connectivity index (χ2n) is 12.8. The summed E-state index contributed by atoms with van der Waals surface area (Å²) in [6, 6.07) is 0. The number of unbranched alkanes of at least 4 members (excludes halogenated alkanes) is 18. The Kier molecular flexibility index (Phi) is 29.0. The molecule has 2 unspecified atom stereocenters. The molecule has 0 aliphatic carbocycles. The molecule has 0 N–H and O–H groups in total. The molecule has 0 heterocycles. The molecule has 0 saturated carbocycles. The van der Waals surface area contributed by atoms with Gasteiger partial charge in [0.1, 0.15) is 6.10 Å². The number of hydrogen-bond donors (Lipinski definition) is 0. The molecule has 0 saturated heterocycles. The van der Waals surface area contributed by atoms with Crippen molar-refractivity contribution < 1.29 is 9.53 Å². The summed E-state index contributed by atoms with van der Waals surface area (Å²) >= 11 is 0. The molecule has 0 fully saturated rings. The normalized spacial score (nSPS) is 13.2. The van der Waals surface area contributed by atoms with Crippen LogP contribution < -0.4 is 0 Å². The van der Waals surface area contributed by atoms with Crippen LogP contribution >= 0.6 is 0 Å². The molecule has 0 aromatic heterocycles. The van der Waals surface area contributed by atoms with Crippen molar-refractivity contribution in [3.8, 4) is 0 Å². The molecular weight excluding hydrogens is 464 g/mol. The van der Waals surface area contributed by atoms with Gasteiger partial charge in [-0.05, 0) is 37.5 Å². The molecule has 0 aliphatic heterocycles. The molecule has 0 bridgehead atoms. The fourth-order valence-electron chi connectivity index (χ4n) is 5.74. The number of carbonyl (C=O) groups excluding carboxylic acids is 1. The van der Waals surface area contributed by atoms with Crippen molar-refractivity contribution in [3.05, 3.63) is 0 Å². The maximum atomic E-state index is 12.7. The van der Waals surface area contributed by atoms with Crippen molar-refractivity contribution in [2.24, 2.45) is 11.8 Å². The van der Waals surface area contributed by atoms with E-state index in [2.05, 4.69) is 34.6 Å². The average molecular weight is 537 g/mol. The van der Waals surface area contributed by atoms with Gasteiger partial charge in [0.2, 0.25) is 0 Å². The summed E-state index contributed by atoms with van der Waals surface area (Å²) in [4.78, 5) is 12.7. The zero-order valence-electron chi connectivity index (χ0n) is 27.1. The predicted molar refractivity (Wildman–Crippen MR) is 170 cm³/mol. The highest BCUT2D eigenvalue weighted by atomic mass is 16.5. The van der Waals surface area contributed by atoms with E-state index in [1.54, 1.807) is 0 Å². The van der Waals surface area contributed by atoms with Gasteiger partial charge in [-0.15, -0.1) is 0 Å². The average Bonchev–Trinajstić information content (AvgIpc) is 2.90. The van der Waals surface area contributed by atoms with Crippen molar-refractivity contribution in [1.29, 1.82) is 0 Å². The molecule has 38 heavy (non-hydrogen) atoms. The summed E-state index contributed by atoms with van der Waals surface area (Å²) in [5.41, 5.74) is 0. The fraction of sp³-hybridized carbons (Fsp3) is 0.972. The van der Waals surface area contributed by atoms with Crippen molar-refractivity contribution in [2.45, 2.75) is 214 Å². The van der Waals surface area contributed by atoms with E-state index >= 15 is 0 Å². The van der Waals surface area contributed by atoms with Gasteiger partial charge in [-0.3, -0.25) is 4.79 Å². The Balaban J connectivity index is 3.96. The second kappa shape index (κ2) is 29.5. The van der Waals surface area contributed by atoms with E-state index in [0.29, 0.717) is 12.3 Å². The lowest BCUT2D eigenvalue weighted by molar-refractivity contribution is -0.150. The molecule has 0 amide bonds. The zero-order valence-corrected chi connectivity index (χ0v) is 27.1. The first-order valence-corrected chi connectivity index (χ1v) is 17.7. The SMILES string of the molecule is CCCCCCCCCC(CC(CC)CCCC)OC(=O)CCCCCCCCCCCCCCC(C)C. The van der Waals surface area contributed by atoms with Crippen LogP contribution in [0.3, 0.4) is 0 Å². The minimum Gasteiger partial charge on any atom is -0.462 e. The van der Waals surface area contributed by atoms with Gasteiger partial charge in [0.05, 0.1) is 0 Å². The van der Waals surface area contributed by atoms with Crippen LogP contribution in [0.25, 0.3) is 0 Å². The molecular formula is C36H72O2. The maximum Gasteiger partial charge on any atom is 0.306 e. The molecule has 0 aromatic rings. The summed E-state index contributed by atoms with van der Waals surface area (Å²) in [6.07, 6.45) is 34.8. The van der Waals surface area contributed by atoms with Gasteiger partial charge < -0.3 is 4.74 Å². The molecule has 0 rings (SSSR count). The van der Waals surface area contributed by atoms with Crippen LogP contribution in [0.2, 0.25) is 0 Å². The lowest BCUT2D eigenvalue weighted by Crippen LogP contribution is -2.21. The first-order chi connectivity index (χ1) is 18.5. The third kappa shape index (κ3) is 27.1. The van der Waals surface area contributed by atoms with Crippen molar-refractivity contribution >= 4 is 5.97 Å². The van der Waals surface area contributed by atoms with Gasteiger partial charge in [0, 0.05) is 6.42 Å². The lowest BCUT2D eigenvalue weighted by atomic mass is 9.91. The molecule has 0 spiro atoms. The first-order valence-electron chi connectivity index (χ1n) is 17.7. The summed E-state index contributed by atoms with van der Waals surface area (Å²) < 4.78 is 6.09. The molecule has 2 heteroatoms. The van der Waals surface area contributed by atoms with Crippen molar-refractivity contribution in [2.75, 3.05) is 0 Å². The summed E-state index contributed by atoms with van der Waals surface area (Å²) in [5, 5.41) is 0. The first kappa shape index (κ1) is 37.5. The van der Waals surface area contributed by atoms with Crippen molar-refractivity contribution in [3.63, 3.8) is 0 Å². The summed E-state index contributed by atoms with van der Waals surface area (Å²) in [6.45, 7) is 11.5. The predicted octanol–water partition coefficient (Wildman–Crippen LogP) is 12.8. The number of rotatable bonds is 30. The highest BCUT2D eigenvalue weighted by molar-refractivity contribution is 5.69. The van der Waals surface area contributed by atoms with Crippen LogP contribution in [-0.2, 0) is 9.53 Å². The molecule has 2 atom stereocenters. The zero-order chi connectivity index (χ0) is 28.1. The van der Waals surface area contributed by atoms with Gasteiger partial charge in [0.15, 0.2) is 0 Å². The largest absolute Gasteiger partial charge is 0.462 e. The fourth-order valence-corrected chi connectivity index (χ4v) is 5.74. The van der Waals surface area contributed by atoms with Gasteiger partial charge >= 0.3 is 5.97 Å². The molecule has 228 valence electrons. The minimum atomic E-state index is 0.0664. The number of hydrogen-bond acceptors (Lipinski definition) is 2. The summed E-state index contributed by atoms with van der Waals surface area (Å²) in [7, 11) is 0. The van der Waals surface area contributed by atoms with E-state index in [9.17, 15) is 4.79 Å². The van der Waals surface area contributed by atoms with Gasteiger partial charge in [-0.2, -0.15) is 0 Å². The quantitative estimate of drug-likeness (QED) is 0.0674. The van der Waals surface area contributed by atoms with Crippen LogP contribution in [0.15, 0.2) is 0 Å². The number of esters is 1. The monoisotopic (exact) mass is 537 g/mol. The number of carbonyl (C=O) groups is 1. The second-order valence-corrected chi connectivity index (χ2v) is 12.8. The Bertz CT molecular complexity index is 472. The maximum absolute atomic E-state index is 12.7. The van der Waals surface area contributed by atoms with E-state index in [-0.39, 0.29) is 12.1 Å². The van der Waals surface area contributed by atoms with E-state index in [4.69, 9.17) is 4.74 Å². The minimum absolute atomic E-state index is 0.0664. The molecule has 0 radical (unpaired) electrons. The molecule has 0 aromatic carbocycles. The Hall–Kier alpha value is -0.530. The van der Waals surface area contributed by atoms with E-state index in [1.165, 1.54) is 148 Å². The van der Waals surface area contributed by atoms with Gasteiger partial charge in [0.25, 0.3) is 0 Å². The van der Waals surface area contributed by atoms with Crippen LogP contribution in [-0.4, -0.2) is 12.1 Å². The Labute approximate surface area is 241 Å². The summed E-state index contributed by atoms with van der Waals surface area (Å²) in [5.74, 6) is 1.64. The lowest BCUT2D eigenvalue weighted by Gasteiger charge is -2.23. The van der Waals surface area contributed by atoms with E-state index in [0.717, 1.165) is 25.2 Å². The third-order valence-corrected chi connectivity index (χ3v) is 8.48. The Morgan fingerprint density at radius 1 is 0.526 bits per heavy atom. The number of ether oxygens (including phenoxy) is 1. The molecule has 0 aliphatic rings. The Morgan fingerprint density at radius 3 is 1.45 bits per heavy atom. The highest BCUT2D eigenvalue weighted by Gasteiger charge is 2.19. The highest BCUT2D eigenvalue weighted by Crippen LogP contribution is 2.24. The smallest absolute Gasteiger partial charge is 0.306 e. The van der Waals surface area contributed by atoms with Crippen LogP contribution in [0.5, 0.6) is 0 Å².